The molecule has 0 unspecified atom stereocenters. The average Bonchev–Trinajstić information content (AvgIpc) is 3.22. The van der Waals surface area contributed by atoms with Gasteiger partial charge >= 0.3 is 0 Å². The van der Waals surface area contributed by atoms with E-state index in [4.69, 9.17) is 9.57 Å². The van der Waals surface area contributed by atoms with Crippen molar-refractivity contribution in [2.24, 2.45) is 5.92 Å². The van der Waals surface area contributed by atoms with E-state index in [1.807, 2.05) is 36.4 Å². The molecule has 9 heteroatoms. The van der Waals surface area contributed by atoms with Gasteiger partial charge in [0.15, 0.2) is 11.6 Å². The smallest absolute Gasteiger partial charge is 0.213 e. The molecule has 35 heavy (non-hydrogen) atoms. The molecule has 2 fully saturated rings. The van der Waals surface area contributed by atoms with Gasteiger partial charge in [0.1, 0.15) is 0 Å². The van der Waals surface area contributed by atoms with Crippen LogP contribution in [0.15, 0.2) is 53.6 Å². The second-order valence-corrected chi connectivity index (χ2v) is 9.71. The fraction of sp³-hybridized carbons (Fsp3) is 0.577. The summed E-state index contributed by atoms with van der Waals surface area (Å²) in [5, 5.41) is 9.67. The van der Waals surface area contributed by atoms with Gasteiger partial charge in [-0.25, -0.2) is 4.98 Å². The van der Waals surface area contributed by atoms with Gasteiger partial charge in [-0.05, 0) is 43.2 Å². The number of halogens is 1. The third-order valence-corrected chi connectivity index (χ3v) is 7.42. The van der Waals surface area contributed by atoms with E-state index in [-0.39, 0.29) is 6.61 Å². The summed E-state index contributed by atoms with van der Waals surface area (Å²) in [5.74, 6) is 2.33. The summed E-state index contributed by atoms with van der Waals surface area (Å²) in [6, 6.07) is 6.33. The van der Waals surface area contributed by atoms with Crippen LogP contribution in [0, 0.1) is 5.92 Å². The van der Waals surface area contributed by atoms with Crippen LogP contribution in [0.5, 0.6) is 5.88 Å². The molecular weight excluding hydrogens is 449 g/mol. The first kappa shape index (κ1) is 24.1. The molecule has 8 nitrogen and oxygen atoms in total. The van der Waals surface area contributed by atoms with Crippen LogP contribution in [0.2, 0.25) is 0 Å². The Morgan fingerprint density at radius 1 is 1.26 bits per heavy atom. The minimum Gasteiger partial charge on any atom is -0.477 e. The van der Waals surface area contributed by atoms with E-state index in [1.165, 1.54) is 0 Å². The molecule has 2 saturated heterocycles. The summed E-state index contributed by atoms with van der Waals surface area (Å²) in [6.07, 6.45) is 8.66. The van der Waals surface area contributed by atoms with Crippen LogP contribution < -0.4 is 4.74 Å². The zero-order valence-corrected chi connectivity index (χ0v) is 20.5. The fourth-order valence-electron chi connectivity index (χ4n) is 5.50. The minimum absolute atomic E-state index is 0.148. The second-order valence-electron chi connectivity index (χ2n) is 9.71. The molecule has 4 aliphatic rings. The van der Waals surface area contributed by atoms with Crippen LogP contribution in [0.25, 0.3) is 0 Å². The van der Waals surface area contributed by atoms with Gasteiger partial charge < -0.3 is 19.6 Å². The average molecular weight is 486 g/mol. The molecule has 3 aliphatic heterocycles. The first-order valence-corrected chi connectivity index (χ1v) is 12.8. The van der Waals surface area contributed by atoms with E-state index in [0.29, 0.717) is 60.8 Å². The van der Waals surface area contributed by atoms with Gasteiger partial charge in [-0.2, -0.15) is 0 Å². The Labute approximate surface area is 206 Å². The number of fused-ring (bicyclic) bond motifs is 2. The number of aromatic nitrogens is 1. The van der Waals surface area contributed by atoms with Gasteiger partial charge in [-0.1, -0.05) is 29.6 Å². The SMILES string of the molecule is CCN(CCO)Cc1cccc(OC[C@@H]2CC[C@H]3CN(C4=C5CC=CC=C5ON4F)CCN3C2)n1. The third-order valence-electron chi connectivity index (χ3n) is 7.42. The number of likely N-dealkylation sites (N-methyl/N-ethyl adjacent to an activating group) is 1. The van der Waals surface area contributed by atoms with E-state index in [1.54, 1.807) is 0 Å². The molecular formula is C26H36FN5O3. The highest BCUT2D eigenvalue weighted by Crippen LogP contribution is 2.38. The van der Waals surface area contributed by atoms with Gasteiger partial charge in [0.25, 0.3) is 0 Å². The van der Waals surface area contributed by atoms with Gasteiger partial charge in [-0.3, -0.25) is 9.80 Å². The number of aliphatic hydroxyl groups excluding tert-OH is 1. The summed E-state index contributed by atoms with van der Waals surface area (Å²) < 4.78 is 20.7. The highest BCUT2D eigenvalue weighted by Gasteiger charge is 2.39. The first-order valence-electron chi connectivity index (χ1n) is 12.8. The van der Waals surface area contributed by atoms with E-state index < -0.39 is 0 Å². The van der Waals surface area contributed by atoms with Gasteiger partial charge in [0.05, 0.1) is 18.9 Å². The molecule has 1 aliphatic carbocycles. The van der Waals surface area contributed by atoms with Crippen molar-refractivity contribution < 1.29 is 19.2 Å². The number of rotatable bonds is 9. The lowest BCUT2D eigenvalue weighted by molar-refractivity contribution is -0.224. The first-order chi connectivity index (χ1) is 17.1. The molecule has 0 saturated carbocycles. The largest absolute Gasteiger partial charge is 0.477 e. The molecule has 190 valence electrons. The number of aliphatic hydroxyl groups is 1. The van der Waals surface area contributed by atoms with Crippen LogP contribution >= 0.6 is 0 Å². The Kier molecular flexibility index (Phi) is 7.55. The standard InChI is InChI=1S/C26H36FN5O3/c1-2-29(14-15-33)17-21-6-5-9-25(28-21)34-19-20-10-11-22-18-31(13-12-30(22)16-20)26-23-7-3-4-8-24(23)35-32(26)27/h3-6,8-9,20,22,33H,2,7,10-19H2,1H3/t20-,22+/m1/s1. The summed E-state index contributed by atoms with van der Waals surface area (Å²) in [7, 11) is 0. The van der Waals surface area contributed by atoms with Crippen molar-refractivity contribution in [1.82, 2.24) is 25.0 Å². The molecule has 4 heterocycles. The number of piperazine rings is 1. The number of hydrogen-bond acceptors (Lipinski definition) is 8. The number of hydrogen-bond donors (Lipinski definition) is 1. The zero-order chi connectivity index (χ0) is 24.2. The monoisotopic (exact) mass is 485 g/mol. The highest BCUT2D eigenvalue weighted by molar-refractivity contribution is 5.40. The van der Waals surface area contributed by atoms with Crippen molar-refractivity contribution in [1.29, 1.82) is 0 Å². The Morgan fingerprint density at radius 2 is 2.17 bits per heavy atom. The quantitative estimate of drug-likeness (QED) is 0.536. The number of piperidine rings is 1. The Bertz CT molecular complexity index is 983. The summed E-state index contributed by atoms with van der Waals surface area (Å²) >= 11 is 0. The normalized spacial score (nSPS) is 24.4. The van der Waals surface area contributed by atoms with E-state index in [9.17, 15) is 9.59 Å². The Hall–Kier alpha value is -2.62. The topological polar surface area (TPSA) is 64.5 Å². The second kappa shape index (κ2) is 11.0. The molecule has 1 N–H and O–H groups in total. The van der Waals surface area contributed by atoms with Crippen molar-refractivity contribution in [3.63, 3.8) is 0 Å². The Morgan fingerprint density at radius 3 is 3.03 bits per heavy atom. The predicted molar refractivity (Wildman–Crippen MR) is 130 cm³/mol. The molecule has 0 aromatic carbocycles. The number of hydroxylamine groups is 1. The molecule has 0 radical (unpaired) electrons. The fourth-order valence-corrected chi connectivity index (χ4v) is 5.50. The number of ether oxygens (including phenoxy) is 1. The van der Waals surface area contributed by atoms with Gasteiger partial charge in [-0.15, -0.1) is 0 Å². The molecule has 0 bridgehead atoms. The number of allylic oxidation sites excluding steroid dienone is 4. The van der Waals surface area contributed by atoms with Crippen molar-refractivity contribution in [2.45, 2.75) is 38.8 Å². The highest BCUT2D eigenvalue weighted by atomic mass is 19.2. The Balaban J connectivity index is 1.13. The zero-order valence-electron chi connectivity index (χ0n) is 20.5. The van der Waals surface area contributed by atoms with Crippen LogP contribution in [-0.4, -0.2) is 88.6 Å². The maximum atomic E-state index is 14.6. The predicted octanol–water partition coefficient (Wildman–Crippen LogP) is 2.86. The molecule has 1 aromatic rings. The molecule has 2 atom stereocenters. The molecule has 0 amide bonds. The van der Waals surface area contributed by atoms with Crippen LogP contribution in [0.4, 0.5) is 4.48 Å². The molecule has 5 rings (SSSR count). The lowest BCUT2D eigenvalue weighted by atomic mass is 9.91. The van der Waals surface area contributed by atoms with Crippen LogP contribution in [0.3, 0.4) is 0 Å². The van der Waals surface area contributed by atoms with Gasteiger partial charge in [0, 0.05) is 62.9 Å². The lowest BCUT2D eigenvalue weighted by Crippen LogP contribution is -2.57. The lowest BCUT2D eigenvalue weighted by Gasteiger charge is -2.47. The van der Waals surface area contributed by atoms with Crippen LogP contribution in [0.1, 0.15) is 31.9 Å². The minimum atomic E-state index is 0.148. The third kappa shape index (κ3) is 5.47. The van der Waals surface area contributed by atoms with Crippen molar-refractivity contribution >= 4 is 0 Å². The van der Waals surface area contributed by atoms with Crippen LogP contribution in [-0.2, 0) is 11.4 Å². The summed E-state index contributed by atoms with van der Waals surface area (Å²) in [6.45, 7) is 8.61. The number of pyridine rings is 1. The molecule has 1 aromatic heterocycles. The maximum absolute atomic E-state index is 14.6. The maximum Gasteiger partial charge on any atom is 0.213 e. The van der Waals surface area contributed by atoms with E-state index >= 15 is 0 Å². The van der Waals surface area contributed by atoms with Gasteiger partial charge in [0.2, 0.25) is 5.88 Å². The number of nitrogens with zero attached hydrogens (tertiary/aromatic N) is 5. The summed E-state index contributed by atoms with van der Waals surface area (Å²) in [4.78, 5) is 16.8. The molecule has 0 spiro atoms. The van der Waals surface area contributed by atoms with Crippen molar-refractivity contribution in [2.75, 3.05) is 52.5 Å². The van der Waals surface area contributed by atoms with E-state index in [2.05, 4.69) is 26.6 Å². The van der Waals surface area contributed by atoms with Crippen molar-refractivity contribution in [3.05, 3.63) is 59.3 Å². The van der Waals surface area contributed by atoms with Crippen molar-refractivity contribution in [3.8, 4) is 5.88 Å². The summed E-state index contributed by atoms with van der Waals surface area (Å²) in [5.41, 5.74) is 1.90. The van der Waals surface area contributed by atoms with E-state index in [0.717, 1.165) is 56.8 Å².